The Kier molecular flexibility index (Phi) is 10.7. The fourth-order valence-electron chi connectivity index (χ4n) is 2.75. The Morgan fingerprint density at radius 1 is 0.962 bits per heavy atom. The van der Waals surface area contributed by atoms with E-state index in [1.54, 1.807) is 0 Å². The Hall–Kier alpha value is -0.350. The van der Waals surface area contributed by atoms with Crippen LogP contribution in [-0.2, 0) is 0 Å². The van der Waals surface area contributed by atoms with Gasteiger partial charge in [0.05, 0.1) is 0 Å². The van der Waals surface area contributed by atoms with E-state index in [-0.39, 0.29) is 47.9 Å². The molecule has 2 rings (SSSR count). The number of nitrogens with one attached hydrogen (secondary N) is 1. The number of rotatable bonds is 5. The molecule has 152 valence electrons. The third-order valence-electron chi connectivity index (χ3n) is 3.79. The van der Waals surface area contributed by atoms with E-state index in [0.717, 1.165) is 0 Å². The topological polar surface area (TPSA) is 15.3 Å². The summed E-state index contributed by atoms with van der Waals surface area (Å²) in [5, 5.41) is 3.14. The number of alkyl halides is 6. The molecular formula is C15H20Cl2F6N2S. The molecule has 0 spiro atoms. The third-order valence-corrected chi connectivity index (χ3v) is 4.53. The average Bonchev–Trinajstić information content (AvgIpc) is 2.47. The molecule has 11 heteroatoms. The number of piperazine rings is 1. The van der Waals surface area contributed by atoms with Crippen molar-refractivity contribution in [1.29, 1.82) is 0 Å². The van der Waals surface area contributed by atoms with E-state index in [9.17, 15) is 26.3 Å². The molecule has 2 nitrogen and oxygen atoms in total. The second kappa shape index (κ2) is 10.8. The summed E-state index contributed by atoms with van der Waals surface area (Å²) in [5.41, 5.74) is -3.76. The molecule has 1 heterocycles. The van der Waals surface area contributed by atoms with Crippen molar-refractivity contribution < 1.29 is 26.3 Å². The van der Waals surface area contributed by atoms with Crippen LogP contribution in [0, 0.1) is 0 Å². The van der Waals surface area contributed by atoms with Gasteiger partial charge in [0, 0.05) is 43.5 Å². The summed E-state index contributed by atoms with van der Waals surface area (Å²) in [6, 6.07) is 5.18. The second-order valence-corrected chi connectivity index (χ2v) is 6.71. The lowest BCUT2D eigenvalue weighted by Crippen LogP contribution is -2.45. The molecule has 0 unspecified atom stereocenters. The van der Waals surface area contributed by atoms with Crippen molar-refractivity contribution in [2.45, 2.75) is 35.5 Å². The van der Waals surface area contributed by atoms with Crippen LogP contribution in [0.3, 0.4) is 0 Å². The van der Waals surface area contributed by atoms with Crippen molar-refractivity contribution >= 4 is 36.6 Å². The quantitative estimate of drug-likeness (QED) is 0.481. The fourth-order valence-corrected chi connectivity index (χ4v) is 3.29. The number of benzene rings is 1. The van der Waals surface area contributed by atoms with Gasteiger partial charge in [0.2, 0.25) is 0 Å². The zero-order valence-electron chi connectivity index (χ0n) is 13.6. The second-order valence-electron chi connectivity index (χ2n) is 5.57. The predicted octanol–water partition coefficient (Wildman–Crippen LogP) is 5.43. The van der Waals surface area contributed by atoms with Crippen LogP contribution in [0.5, 0.6) is 0 Å². The first-order valence-corrected chi connectivity index (χ1v) is 8.33. The molecule has 1 atom stereocenters. The molecule has 0 saturated carbocycles. The largest absolute Gasteiger partial charge is 0.446 e. The summed E-state index contributed by atoms with van der Waals surface area (Å²) in [6.45, 7) is 2.60. The lowest BCUT2D eigenvalue weighted by Gasteiger charge is -2.35. The van der Waals surface area contributed by atoms with Gasteiger partial charge < -0.3 is 5.32 Å². The van der Waals surface area contributed by atoms with Crippen molar-refractivity contribution in [2.24, 2.45) is 0 Å². The summed E-state index contributed by atoms with van der Waals surface area (Å²) in [7, 11) is 0. The Bertz CT molecular complexity index is 518. The first kappa shape index (κ1) is 25.6. The molecule has 1 fully saturated rings. The summed E-state index contributed by atoms with van der Waals surface area (Å²) in [4.78, 5) is 1.98. The number of hydrogen-bond donors (Lipinski definition) is 1. The highest BCUT2D eigenvalue weighted by Crippen LogP contribution is 2.38. The molecule has 26 heavy (non-hydrogen) atoms. The van der Waals surface area contributed by atoms with Gasteiger partial charge >= 0.3 is 11.7 Å². The highest BCUT2D eigenvalue weighted by molar-refractivity contribution is 8.00. The van der Waals surface area contributed by atoms with Crippen molar-refractivity contribution in [2.75, 3.05) is 26.2 Å². The lowest BCUT2D eigenvalue weighted by atomic mass is 9.99. The van der Waals surface area contributed by atoms with Crippen LogP contribution in [-0.4, -0.2) is 42.8 Å². The van der Waals surface area contributed by atoms with E-state index in [0.29, 0.717) is 31.7 Å². The van der Waals surface area contributed by atoms with Crippen LogP contribution in [0.25, 0.3) is 0 Å². The number of halogens is 8. The van der Waals surface area contributed by atoms with Crippen molar-refractivity contribution in [1.82, 2.24) is 10.2 Å². The summed E-state index contributed by atoms with van der Waals surface area (Å²) in [6.07, 6.45) is -5.27. The Morgan fingerprint density at radius 3 is 1.96 bits per heavy atom. The van der Waals surface area contributed by atoms with Gasteiger partial charge in [0.15, 0.2) is 0 Å². The maximum absolute atomic E-state index is 12.6. The summed E-state index contributed by atoms with van der Waals surface area (Å²) >= 11 is -0.229. The van der Waals surface area contributed by atoms with Gasteiger partial charge in [-0.15, -0.1) is 24.8 Å². The Morgan fingerprint density at radius 2 is 1.50 bits per heavy atom. The molecule has 0 amide bonds. The number of hydrogen-bond acceptors (Lipinski definition) is 3. The number of thioether (sulfide) groups is 1. The Balaban J connectivity index is 0.00000312. The SMILES string of the molecule is Cl.Cl.FC(F)(F)CC[C@H](c1ccc(SC(F)(F)F)cc1)N1CCNCC1. The van der Waals surface area contributed by atoms with E-state index in [4.69, 9.17) is 0 Å². The van der Waals surface area contributed by atoms with E-state index in [1.165, 1.54) is 24.3 Å². The molecule has 0 aromatic heterocycles. The molecule has 0 radical (unpaired) electrons. The standard InChI is InChI=1S/C15H18F6N2S.2ClH/c16-14(17,18)6-5-13(23-9-7-22-8-10-23)11-1-3-12(4-2-11)24-15(19,20)21;;/h1-4,13,22H,5-10H2;2*1H/t13-;;/m1../s1. The molecular weight excluding hydrogens is 425 g/mol. The zero-order chi connectivity index (χ0) is 17.8. The zero-order valence-corrected chi connectivity index (χ0v) is 16.0. The maximum Gasteiger partial charge on any atom is 0.446 e. The van der Waals surface area contributed by atoms with Crippen LogP contribution >= 0.6 is 36.6 Å². The van der Waals surface area contributed by atoms with Gasteiger partial charge in [-0.2, -0.15) is 26.3 Å². The average molecular weight is 445 g/mol. The minimum absolute atomic E-state index is 0. The highest BCUT2D eigenvalue weighted by Gasteiger charge is 2.32. The van der Waals surface area contributed by atoms with Gasteiger partial charge in [-0.1, -0.05) is 12.1 Å². The van der Waals surface area contributed by atoms with Gasteiger partial charge in [0.1, 0.15) is 0 Å². The van der Waals surface area contributed by atoms with Crippen LogP contribution in [0.15, 0.2) is 29.2 Å². The molecule has 1 saturated heterocycles. The van der Waals surface area contributed by atoms with Crippen LogP contribution in [0.2, 0.25) is 0 Å². The molecule has 1 aliphatic heterocycles. The molecule has 0 aliphatic carbocycles. The monoisotopic (exact) mass is 444 g/mol. The summed E-state index contributed by atoms with van der Waals surface area (Å²) in [5.74, 6) is 0. The molecule has 1 aromatic carbocycles. The first-order chi connectivity index (χ1) is 11.1. The smallest absolute Gasteiger partial charge is 0.314 e. The van der Waals surface area contributed by atoms with Crippen molar-refractivity contribution in [3.05, 3.63) is 29.8 Å². The van der Waals surface area contributed by atoms with Gasteiger partial charge in [-0.3, -0.25) is 4.90 Å². The van der Waals surface area contributed by atoms with Gasteiger partial charge in [0.25, 0.3) is 0 Å². The lowest BCUT2D eigenvalue weighted by molar-refractivity contribution is -0.138. The van der Waals surface area contributed by atoms with Crippen LogP contribution < -0.4 is 5.32 Å². The predicted molar refractivity (Wildman–Crippen MR) is 95.3 cm³/mol. The third kappa shape index (κ3) is 9.03. The summed E-state index contributed by atoms with van der Waals surface area (Å²) < 4.78 is 74.9. The van der Waals surface area contributed by atoms with Crippen LogP contribution in [0.4, 0.5) is 26.3 Å². The van der Waals surface area contributed by atoms with Gasteiger partial charge in [-0.05, 0) is 35.9 Å². The Labute approximate surface area is 164 Å². The molecule has 1 N–H and O–H groups in total. The van der Waals surface area contributed by atoms with Crippen molar-refractivity contribution in [3.8, 4) is 0 Å². The fraction of sp³-hybridized carbons (Fsp3) is 0.600. The van der Waals surface area contributed by atoms with Crippen molar-refractivity contribution in [3.63, 3.8) is 0 Å². The van der Waals surface area contributed by atoms with Crippen LogP contribution in [0.1, 0.15) is 24.4 Å². The minimum Gasteiger partial charge on any atom is -0.314 e. The van der Waals surface area contributed by atoms with E-state index in [1.807, 2.05) is 4.90 Å². The molecule has 1 aromatic rings. The van der Waals surface area contributed by atoms with E-state index in [2.05, 4.69) is 5.32 Å². The molecule has 1 aliphatic rings. The maximum atomic E-state index is 12.6. The normalized spacial score (nSPS) is 17.2. The van der Waals surface area contributed by atoms with E-state index >= 15 is 0 Å². The van der Waals surface area contributed by atoms with Gasteiger partial charge in [-0.25, -0.2) is 0 Å². The number of nitrogens with zero attached hydrogens (tertiary/aromatic N) is 1. The molecule has 0 bridgehead atoms. The van der Waals surface area contributed by atoms with E-state index < -0.39 is 24.1 Å². The highest BCUT2D eigenvalue weighted by atomic mass is 35.5. The first-order valence-electron chi connectivity index (χ1n) is 7.51. The minimum atomic E-state index is -4.38.